The molecule has 0 aliphatic heterocycles. The molecule has 0 atom stereocenters. The number of anilines is 1. The highest BCUT2D eigenvalue weighted by atomic mass is 32.1. The Bertz CT molecular complexity index is 1790. The monoisotopic (exact) mass is 501 g/mol. The van der Waals surface area contributed by atoms with E-state index in [-0.39, 0.29) is 21.5 Å². The van der Waals surface area contributed by atoms with Gasteiger partial charge in [0.25, 0.3) is 5.91 Å². The number of hydrogen-bond acceptors (Lipinski definition) is 9. The van der Waals surface area contributed by atoms with Crippen LogP contribution in [0.4, 0.5) is 15.2 Å². The summed E-state index contributed by atoms with van der Waals surface area (Å²) in [7, 11) is 0. The maximum absolute atomic E-state index is 13.5. The van der Waals surface area contributed by atoms with E-state index in [1.54, 1.807) is 30.3 Å². The number of aromatic nitrogens is 5. The van der Waals surface area contributed by atoms with Crippen LogP contribution in [0.15, 0.2) is 71.6 Å². The molecular formula is C23H12FN7O4S. The lowest BCUT2D eigenvalue weighted by Gasteiger charge is -2.09. The summed E-state index contributed by atoms with van der Waals surface area (Å²) in [6.07, 6.45) is 2.81. The standard InChI is InChI=1S/C23H12FN7O4S/c24-13-2-4-14(5-3-13)30-22-15(10-26-30)21(29-23(32)18-7-8-19(36-18)31(33)34)27-20(28-22)12-1-6-17-16(9-12)25-11-35-17/h1-11H,(H,27,28,29,32). The molecule has 36 heavy (non-hydrogen) atoms. The lowest BCUT2D eigenvalue weighted by atomic mass is 10.2. The van der Waals surface area contributed by atoms with Crippen molar-refractivity contribution in [3.05, 3.63) is 88.0 Å². The molecule has 176 valence electrons. The van der Waals surface area contributed by atoms with Gasteiger partial charge in [0.15, 0.2) is 23.4 Å². The topological polar surface area (TPSA) is 142 Å². The van der Waals surface area contributed by atoms with Crippen molar-refractivity contribution >= 4 is 50.2 Å². The number of nitrogens with one attached hydrogen (secondary N) is 1. The van der Waals surface area contributed by atoms with E-state index in [2.05, 4.69) is 25.4 Å². The molecule has 0 aliphatic carbocycles. The summed E-state index contributed by atoms with van der Waals surface area (Å²) in [6, 6.07) is 13.6. The number of fused-ring (bicyclic) bond motifs is 2. The minimum Gasteiger partial charge on any atom is -0.443 e. The van der Waals surface area contributed by atoms with E-state index < -0.39 is 16.6 Å². The largest absolute Gasteiger partial charge is 0.443 e. The number of carbonyl (C=O) groups is 1. The molecule has 11 nitrogen and oxygen atoms in total. The Kier molecular flexibility index (Phi) is 4.97. The highest BCUT2D eigenvalue weighted by Gasteiger charge is 2.20. The van der Waals surface area contributed by atoms with Gasteiger partial charge in [-0.05, 0) is 48.5 Å². The third-order valence-electron chi connectivity index (χ3n) is 5.32. The highest BCUT2D eigenvalue weighted by molar-refractivity contribution is 7.17. The number of carbonyl (C=O) groups excluding carboxylic acids is 1. The Labute approximate surface area is 204 Å². The van der Waals surface area contributed by atoms with Crippen LogP contribution in [0.5, 0.6) is 0 Å². The minimum absolute atomic E-state index is 0.143. The van der Waals surface area contributed by atoms with E-state index in [1.165, 1.54) is 41.5 Å². The van der Waals surface area contributed by atoms with Gasteiger partial charge in [-0.2, -0.15) is 5.10 Å². The normalized spacial score (nSPS) is 11.2. The SMILES string of the molecule is O=C(Nc1nc(-c2ccc3ocnc3c2)nc2c1cnn2-c1ccc(F)cc1)c1ccc([N+](=O)[O-])s1. The Hall–Kier alpha value is -5.04. The fourth-order valence-electron chi connectivity index (χ4n) is 3.62. The van der Waals surface area contributed by atoms with Crippen molar-refractivity contribution in [1.82, 2.24) is 24.7 Å². The Morgan fingerprint density at radius 3 is 2.72 bits per heavy atom. The maximum Gasteiger partial charge on any atom is 0.324 e. The Morgan fingerprint density at radius 1 is 1.11 bits per heavy atom. The summed E-state index contributed by atoms with van der Waals surface area (Å²) in [5.41, 5.74) is 2.70. The van der Waals surface area contributed by atoms with Crippen LogP contribution in [-0.2, 0) is 0 Å². The molecule has 6 aromatic rings. The number of halogens is 1. The second kappa shape index (κ2) is 8.32. The predicted octanol–water partition coefficient (Wildman–Crippen LogP) is 4.98. The molecule has 0 bridgehead atoms. The third kappa shape index (κ3) is 3.73. The van der Waals surface area contributed by atoms with Crippen LogP contribution < -0.4 is 5.32 Å². The summed E-state index contributed by atoms with van der Waals surface area (Å²) in [4.78, 5) is 36.9. The van der Waals surface area contributed by atoms with E-state index in [1.807, 2.05) is 0 Å². The lowest BCUT2D eigenvalue weighted by Crippen LogP contribution is -2.12. The second-order valence-electron chi connectivity index (χ2n) is 7.55. The number of thiophene rings is 1. The number of amides is 1. The van der Waals surface area contributed by atoms with E-state index >= 15 is 0 Å². The summed E-state index contributed by atoms with van der Waals surface area (Å²) < 4.78 is 20.3. The molecule has 4 heterocycles. The van der Waals surface area contributed by atoms with Crippen molar-refractivity contribution in [2.45, 2.75) is 0 Å². The van der Waals surface area contributed by atoms with Crippen LogP contribution >= 0.6 is 11.3 Å². The van der Waals surface area contributed by atoms with Gasteiger partial charge in [0, 0.05) is 11.6 Å². The minimum atomic E-state index is -0.569. The molecule has 13 heteroatoms. The van der Waals surface area contributed by atoms with Crippen LogP contribution in [0.25, 0.3) is 39.2 Å². The number of hydrogen-bond donors (Lipinski definition) is 1. The zero-order valence-corrected chi connectivity index (χ0v) is 18.8. The summed E-state index contributed by atoms with van der Waals surface area (Å²) in [5, 5.41) is 18.4. The average Bonchev–Trinajstić information content (AvgIpc) is 3.63. The molecule has 4 aromatic heterocycles. The zero-order valence-electron chi connectivity index (χ0n) is 18.0. The number of benzene rings is 2. The van der Waals surface area contributed by atoms with Gasteiger partial charge in [-0.3, -0.25) is 14.9 Å². The first-order valence-electron chi connectivity index (χ1n) is 10.4. The first kappa shape index (κ1) is 21.5. The maximum atomic E-state index is 13.5. The van der Waals surface area contributed by atoms with Crippen molar-refractivity contribution in [2.75, 3.05) is 5.32 Å². The second-order valence-corrected chi connectivity index (χ2v) is 8.61. The third-order valence-corrected chi connectivity index (χ3v) is 6.35. The summed E-state index contributed by atoms with van der Waals surface area (Å²) >= 11 is 0.751. The number of nitro groups is 1. The van der Waals surface area contributed by atoms with E-state index in [0.29, 0.717) is 33.4 Å². The van der Waals surface area contributed by atoms with Crippen molar-refractivity contribution < 1.29 is 18.5 Å². The fourth-order valence-corrected chi connectivity index (χ4v) is 4.33. The van der Waals surface area contributed by atoms with E-state index in [9.17, 15) is 19.3 Å². The molecule has 0 saturated carbocycles. The van der Waals surface area contributed by atoms with Gasteiger partial charge in [-0.1, -0.05) is 11.3 Å². The Morgan fingerprint density at radius 2 is 1.94 bits per heavy atom. The molecule has 1 amide bonds. The zero-order chi connectivity index (χ0) is 24.8. The molecule has 6 rings (SSSR count). The van der Waals surface area contributed by atoms with Gasteiger partial charge >= 0.3 is 5.00 Å². The molecule has 0 aliphatic rings. The smallest absolute Gasteiger partial charge is 0.324 e. The van der Waals surface area contributed by atoms with Crippen molar-refractivity contribution in [2.24, 2.45) is 0 Å². The number of oxazole rings is 1. The predicted molar refractivity (Wildman–Crippen MR) is 129 cm³/mol. The van der Waals surface area contributed by atoms with Gasteiger partial charge < -0.3 is 9.73 Å². The first-order valence-corrected chi connectivity index (χ1v) is 11.2. The molecule has 0 spiro atoms. The lowest BCUT2D eigenvalue weighted by molar-refractivity contribution is -0.380. The van der Waals surface area contributed by atoms with Gasteiger partial charge in [0.2, 0.25) is 0 Å². The van der Waals surface area contributed by atoms with Crippen molar-refractivity contribution in [1.29, 1.82) is 0 Å². The van der Waals surface area contributed by atoms with Crippen LogP contribution in [0.1, 0.15) is 9.67 Å². The van der Waals surface area contributed by atoms with Gasteiger partial charge in [0.05, 0.1) is 27.1 Å². The Balaban J connectivity index is 1.49. The first-order chi connectivity index (χ1) is 17.5. The van der Waals surface area contributed by atoms with Crippen LogP contribution in [0.2, 0.25) is 0 Å². The van der Waals surface area contributed by atoms with E-state index in [4.69, 9.17) is 4.42 Å². The highest BCUT2D eigenvalue weighted by Crippen LogP contribution is 2.30. The van der Waals surface area contributed by atoms with Gasteiger partial charge in [-0.25, -0.2) is 24.0 Å². The summed E-state index contributed by atoms with van der Waals surface area (Å²) in [5.74, 6) is -0.543. The molecular weight excluding hydrogens is 489 g/mol. The summed E-state index contributed by atoms with van der Waals surface area (Å²) in [6.45, 7) is 0. The molecule has 0 radical (unpaired) electrons. The van der Waals surface area contributed by atoms with Crippen molar-refractivity contribution in [3.63, 3.8) is 0 Å². The molecule has 0 fully saturated rings. The van der Waals surface area contributed by atoms with Crippen LogP contribution in [0, 0.1) is 15.9 Å². The van der Waals surface area contributed by atoms with E-state index in [0.717, 1.165) is 11.3 Å². The molecule has 1 N–H and O–H groups in total. The van der Waals surface area contributed by atoms with Gasteiger partial charge in [0.1, 0.15) is 17.2 Å². The molecule has 0 unspecified atom stereocenters. The molecule has 2 aromatic carbocycles. The van der Waals surface area contributed by atoms with Gasteiger partial charge in [-0.15, -0.1) is 0 Å². The fraction of sp³-hybridized carbons (Fsp3) is 0. The number of rotatable bonds is 5. The van der Waals surface area contributed by atoms with Crippen LogP contribution in [-0.4, -0.2) is 35.6 Å². The molecule has 0 saturated heterocycles. The average molecular weight is 501 g/mol. The quantitative estimate of drug-likeness (QED) is 0.257. The van der Waals surface area contributed by atoms with Crippen molar-refractivity contribution in [3.8, 4) is 17.1 Å². The number of nitrogens with zero attached hydrogens (tertiary/aromatic N) is 6. The van der Waals surface area contributed by atoms with Crippen LogP contribution in [0.3, 0.4) is 0 Å².